The zero-order valence-corrected chi connectivity index (χ0v) is 12.1. The van der Waals surface area contributed by atoms with Crippen molar-refractivity contribution in [1.29, 1.82) is 0 Å². The summed E-state index contributed by atoms with van der Waals surface area (Å²) in [6.45, 7) is 3.25. The van der Waals surface area contributed by atoms with Crippen LogP contribution in [-0.4, -0.2) is 13.7 Å². The fourth-order valence-electron chi connectivity index (χ4n) is 2.92. The topological polar surface area (TPSA) is 21.3 Å². The lowest BCUT2D eigenvalue weighted by Crippen LogP contribution is -2.30. The van der Waals surface area contributed by atoms with Gasteiger partial charge in [-0.3, -0.25) is 0 Å². The van der Waals surface area contributed by atoms with Crippen molar-refractivity contribution >= 4 is 0 Å². The van der Waals surface area contributed by atoms with Crippen molar-refractivity contribution in [1.82, 2.24) is 5.32 Å². The molecule has 1 N–H and O–H groups in total. The molecule has 0 radical (unpaired) electrons. The van der Waals surface area contributed by atoms with Crippen LogP contribution in [0, 0.1) is 0 Å². The van der Waals surface area contributed by atoms with Crippen LogP contribution in [0.5, 0.6) is 5.75 Å². The molecule has 1 atom stereocenters. The van der Waals surface area contributed by atoms with Gasteiger partial charge in [0.1, 0.15) is 5.75 Å². The third-order valence-electron chi connectivity index (χ3n) is 4.12. The summed E-state index contributed by atoms with van der Waals surface area (Å²) in [4.78, 5) is 0. The van der Waals surface area contributed by atoms with Gasteiger partial charge in [-0.25, -0.2) is 0 Å². The van der Waals surface area contributed by atoms with E-state index < -0.39 is 0 Å². The summed E-state index contributed by atoms with van der Waals surface area (Å²) in [7, 11) is 1.71. The highest BCUT2D eigenvalue weighted by atomic mass is 16.5. The van der Waals surface area contributed by atoms with Gasteiger partial charge in [-0.2, -0.15) is 0 Å². The van der Waals surface area contributed by atoms with Crippen molar-refractivity contribution in [3.8, 4) is 5.75 Å². The van der Waals surface area contributed by atoms with Gasteiger partial charge in [0.2, 0.25) is 0 Å². The maximum atomic E-state index is 5.24. The molecule has 2 aromatic carbocycles. The van der Waals surface area contributed by atoms with Gasteiger partial charge in [-0.05, 0) is 47.2 Å². The first kappa shape index (κ1) is 13.2. The van der Waals surface area contributed by atoms with Crippen molar-refractivity contribution in [3.63, 3.8) is 0 Å². The van der Waals surface area contributed by atoms with Gasteiger partial charge in [-0.1, -0.05) is 37.3 Å². The third-order valence-corrected chi connectivity index (χ3v) is 4.12. The summed E-state index contributed by atoms with van der Waals surface area (Å²) in [6, 6.07) is 15.6. The Morgan fingerprint density at radius 1 is 1.15 bits per heavy atom. The van der Waals surface area contributed by atoms with Crippen molar-refractivity contribution in [2.24, 2.45) is 0 Å². The first-order valence-electron chi connectivity index (χ1n) is 7.31. The zero-order chi connectivity index (χ0) is 13.9. The van der Waals surface area contributed by atoms with E-state index in [1.807, 2.05) is 12.1 Å². The van der Waals surface area contributed by atoms with Gasteiger partial charge in [0, 0.05) is 6.54 Å². The minimum Gasteiger partial charge on any atom is -0.497 e. The number of rotatable bonds is 3. The largest absolute Gasteiger partial charge is 0.497 e. The number of benzene rings is 2. The second kappa shape index (κ2) is 5.68. The van der Waals surface area contributed by atoms with Crippen LogP contribution in [0.1, 0.15) is 35.2 Å². The van der Waals surface area contributed by atoms with Gasteiger partial charge in [-0.15, -0.1) is 0 Å². The van der Waals surface area contributed by atoms with Crippen LogP contribution in [0.4, 0.5) is 0 Å². The molecule has 104 valence electrons. The molecule has 0 amide bonds. The van der Waals surface area contributed by atoms with E-state index in [0.29, 0.717) is 6.04 Å². The highest BCUT2D eigenvalue weighted by Crippen LogP contribution is 2.30. The summed E-state index contributed by atoms with van der Waals surface area (Å²) < 4.78 is 5.24. The molecule has 2 aromatic rings. The fourth-order valence-corrected chi connectivity index (χ4v) is 2.92. The van der Waals surface area contributed by atoms with Crippen LogP contribution in [0.15, 0.2) is 42.5 Å². The predicted octanol–water partition coefficient (Wildman–Crippen LogP) is 3.49. The summed E-state index contributed by atoms with van der Waals surface area (Å²) in [5.41, 5.74) is 5.62. The molecule has 1 aliphatic rings. The van der Waals surface area contributed by atoms with E-state index in [9.17, 15) is 0 Å². The van der Waals surface area contributed by atoms with Crippen LogP contribution in [0.25, 0.3) is 0 Å². The highest BCUT2D eigenvalue weighted by Gasteiger charge is 2.21. The Hall–Kier alpha value is -1.80. The van der Waals surface area contributed by atoms with Crippen molar-refractivity contribution in [2.45, 2.75) is 25.8 Å². The number of aryl methyl sites for hydroxylation is 1. The number of hydrogen-bond acceptors (Lipinski definition) is 2. The Morgan fingerprint density at radius 2 is 1.95 bits per heavy atom. The monoisotopic (exact) mass is 267 g/mol. The lowest BCUT2D eigenvalue weighted by molar-refractivity contribution is 0.414. The first-order valence-corrected chi connectivity index (χ1v) is 7.31. The maximum absolute atomic E-state index is 5.24. The van der Waals surface area contributed by atoms with Crippen LogP contribution >= 0.6 is 0 Å². The number of methoxy groups -OCH3 is 1. The Bertz CT molecular complexity index is 589. The number of hydrogen-bond donors (Lipinski definition) is 1. The molecule has 1 unspecified atom stereocenters. The highest BCUT2D eigenvalue weighted by molar-refractivity contribution is 5.43. The Morgan fingerprint density at radius 3 is 2.65 bits per heavy atom. The van der Waals surface area contributed by atoms with Gasteiger partial charge in [0.25, 0.3) is 0 Å². The van der Waals surface area contributed by atoms with E-state index in [1.165, 1.54) is 22.3 Å². The lowest BCUT2D eigenvalue weighted by Gasteiger charge is -2.28. The molecule has 0 aliphatic carbocycles. The second-order valence-corrected chi connectivity index (χ2v) is 5.30. The summed E-state index contributed by atoms with van der Waals surface area (Å²) in [5.74, 6) is 0.909. The number of ether oxygens (including phenoxy) is 1. The van der Waals surface area contributed by atoms with Gasteiger partial charge >= 0.3 is 0 Å². The fraction of sp³-hybridized carbons (Fsp3) is 0.333. The van der Waals surface area contributed by atoms with Gasteiger partial charge in [0.15, 0.2) is 0 Å². The minimum atomic E-state index is 0.302. The molecule has 2 heteroatoms. The zero-order valence-electron chi connectivity index (χ0n) is 12.1. The van der Waals surface area contributed by atoms with Crippen LogP contribution in [0.2, 0.25) is 0 Å². The Balaban J connectivity index is 1.99. The minimum absolute atomic E-state index is 0.302. The van der Waals surface area contributed by atoms with Gasteiger partial charge in [0.05, 0.1) is 13.2 Å². The van der Waals surface area contributed by atoms with Gasteiger partial charge < -0.3 is 10.1 Å². The molecule has 1 aliphatic heterocycles. The summed E-state index contributed by atoms with van der Waals surface area (Å²) >= 11 is 0. The van der Waals surface area contributed by atoms with Crippen LogP contribution in [-0.2, 0) is 12.8 Å². The van der Waals surface area contributed by atoms with E-state index in [-0.39, 0.29) is 0 Å². The lowest BCUT2D eigenvalue weighted by atomic mass is 9.88. The second-order valence-electron chi connectivity index (χ2n) is 5.30. The standard InChI is InChI=1S/C18H21NO/c1-3-13-4-5-14-10-11-19-18(17(14)12-13)15-6-8-16(20-2)9-7-15/h4-9,12,18-19H,3,10-11H2,1-2H3. The van der Waals surface area contributed by atoms with E-state index in [4.69, 9.17) is 4.74 Å². The Labute approximate surface area is 120 Å². The smallest absolute Gasteiger partial charge is 0.118 e. The molecule has 2 nitrogen and oxygen atoms in total. The first-order chi connectivity index (χ1) is 9.81. The Kier molecular flexibility index (Phi) is 3.75. The summed E-state index contributed by atoms with van der Waals surface area (Å²) in [6.07, 6.45) is 2.20. The van der Waals surface area contributed by atoms with Crippen molar-refractivity contribution in [2.75, 3.05) is 13.7 Å². The molecule has 0 fully saturated rings. The normalized spacial score (nSPS) is 17.6. The van der Waals surface area contributed by atoms with E-state index in [0.717, 1.165) is 25.1 Å². The molecular weight excluding hydrogens is 246 g/mol. The van der Waals surface area contributed by atoms with E-state index >= 15 is 0 Å². The molecule has 0 aromatic heterocycles. The molecule has 3 rings (SSSR count). The molecule has 1 heterocycles. The number of nitrogens with one attached hydrogen (secondary N) is 1. The molecule has 0 bridgehead atoms. The molecule has 0 saturated carbocycles. The average molecular weight is 267 g/mol. The third kappa shape index (κ3) is 2.44. The van der Waals surface area contributed by atoms with Crippen LogP contribution in [0.3, 0.4) is 0 Å². The quantitative estimate of drug-likeness (QED) is 0.919. The maximum Gasteiger partial charge on any atom is 0.118 e. The average Bonchev–Trinajstić information content (AvgIpc) is 2.54. The van der Waals surface area contributed by atoms with E-state index in [1.54, 1.807) is 7.11 Å². The molecule has 0 spiro atoms. The summed E-state index contributed by atoms with van der Waals surface area (Å²) in [5, 5.41) is 3.64. The SMILES string of the molecule is CCc1ccc2c(c1)C(c1ccc(OC)cc1)NCC2. The molecular formula is C18H21NO. The van der Waals surface area contributed by atoms with Crippen molar-refractivity contribution < 1.29 is 4.74 Å². The van der Waals surface area contributed by atoms with E-state index in [2.05, 4.69) is 42.6 Å². The molecule has 20 heavy (non-hydrogen) atoms. The molecule has 0 saturated heterocycles. The number of fused-ring (bicyclic) bond motifs is 1. The predicted molar refractivity (Wildman–Crippen MR) is 82.4 cm³/mol. The van der Waals surface area contributed by atoms with Crippen LogP contribution < -0.4 is 10.1 Å². The van der Waals surface area contributed by atoms with Crippen molar-refractivity contribution in [3.05, 3.63) is 64.7 Å².